The van der Waals surface area contributed by atoms with Gasteiger partial charge in [-0.2, -0.15) is 4.31 Å². The standard InChI is InChI=1S/C14H22N2O3S/c1-10-8-13(9-14(15)11(10)2)20(17,18)16(3)12-4-6-19-7-5-12/h8-9,12H,4-7,15H2,1-3H3. The minimum atomic E-state index is -3.50. The number of nitrogen functional groups attached to an aromatic ring is 1. The van der Waals surface area contributed by atoms with Gasteiger partial charge in [-0.25, -0.2) is 8.42 Å². The van der Waals surface area contributed by atoms with Gasteiger partial charge < -0.3 is 10.5 Å². The second-order valence-electron chi connectivity index (χ2n) is 5.32. The molecule has 0 aliphatic carbocycles. The summed E-state index contributed by atoms with van der Waals surface area (Å²) in [7, 11) is -1.87. The molecule has 2 N–H and O–H groups in total. The summed E-state index contributed by atoms with van der Waals surface area (Å²) in [6.45, 7) is 4.99. The Bertz CT molecular complexity index is 569. The average Bonchev–Trinajstić information content (AvgIpc) is 2.44. The number of nitrogens with zero attached hydrogens (tertiary/aromatic N) is 1. The first-order valence-electron chi connectivity index (χ1n) is 6.76. The van der Waals surface area contributed by atoms with Crippen molar-refractivity contribution in [2.24, 2.45) is 0 Å². The zero-order valence-electron chi connectivity index (χ0n) is 12.2. The molecule has 112 valence electrons. The van der Waals surface area contributed by atoms with Crippen molar-refractivity contribution in [2.45, 2.75) is 37.6 Å². The molecule has 0 atom stereocenters. The van der Waals surface area contributed by atoms with E-state index >= 15 is 0 Å². The van der Waals surface area contributed by atoms with E-state index < -0.39 is 10.0 Å². The Labute approximate surface area is 120 Å². The van der Waals surface area contributed by atoms with Crippen LogP contribution in [-0.2, 0) is 14.8 Å². The fourth-order valence-electron chi connectivity index (χ4n) is 2.41. The van der Waals surface area contributed by atoms with E-state index in [2.05, 4.69) is 0 Å². The maximum atomic E-state index is 12.7. The van der Waals surface area contributed by atoms with Crippen molar-refractivity contribution in [1.29, 1.82) is 0 Å². The van der Waals surface area contributed by atoms with Gasteiger partial charge in [0.1, 0.15) is 0 Å². The number of anilines is 1. The molecule has 0 saturated carbocycles. The lowest BCUT2D eigenvalue weighted by molar-refractivity contribution is 0.0632. The van der Waals surface area contributed by atoms with Gasteiger partial charge in [-0.3, -0.25) is 0 Å². The molecule has 1 heterocycles. The van der Waals surface area contributed by atoms with Crippen LogP contribution >= 0.6 is 0 Å². The molecule has 1 saturated heterocycles. The Kier molecular flexibility index (Phi) is 4.36. The fraction of sp³-hybridized carbons (Fsp3) is 0.571. The highest BCUT2D eigenvalue weighted by molar-refractivity contribution is 7.89. The minimum Gasteiger partial charge on any atom is -0.398 e. The number of ether oxygens (including phenoxy) is 1. The van der Waals surface area contributed by atoms with E-state index in [1.165, 1.54) is 4.31 Å². The van der Waals surface area contributed by atoms with Crippen molar-refractivity contribution in [3.63, 3.8) is 0 Å². The summed E-state index contributed by atoms with van der Waals surface area (Å²) in [6, 6.07) is 3.24. The first-order valence-corrected chi connectivity index (χ1v) is 8.20. The van der Waals surface area contributed by atoms with Crippen molar-refractivity contribution in [3.8, 4) is 0 Å². The van der Waals surface area contributed by atoms with Crippen LogP contribution in [0.2, 0.25) is 0 Å². The molecule has 1 fully saturated rings. The Morgan fingerprint density at radius 2 is 1.85 bits per heavy atom. The van der Waals surface area contributed by atoms with Crippen LogP contribution in [0.4, 0.5) is 5.69 Å². The van der Waals surface area contributed by atoms with Gasteiger partial charge in [0.05, 0.1) is 4.90 Å². The fourth-order valence-corrected chi connectivity index (χ4v) is 3.95. The summed E-state index contributed by atoms with van der Waals surface area (Å²) in [4.78, 5) is 0.270. The highest BCUT2D eigenvalue weighted by Gasteiger charge is 2.29. The van der Waals surface area contributed by atoms with E-state index in [9.17, 15) is 8.42 Å². The van der Waals surface area contributed by atoms with Crippen LogP contribution < -0.4 is 5.73 Å². The monoisotopic (exact) mass is 298 g/mol. The van der Waals surface area contributed by atoms with E-state index in [-0.39, 0.29) is 10.9 Å². The topological polar surface area (TPSA) is 72.6 Å². The zero-order valence-corrected chi connectivity index (χ0v) is 13.0. The van der Waals surface area contributed by atoms with Crippen LogP contribution in [0.1, 0.15) is 24.0 Å². The summed E-state index contributed by atoms with van der Waals surface area (Å²) < 4.78 is 32.1. The summed E-state index contributed by atoms with van der Waals surface area (Å²) in [6.07, 6.45) is 1.46. The Morgan fingerprint density at radius 3 is 2.40 bits per heavy atom. The Balaban J connectivity index is 2.34. The van der Waals surface area contributed by atoms with Gasteiger partial charge >= 0.3 is 0 Å². The molecule has 5 nitrogen and oxygen atoms in total. The Morgan fingerprint density at radius 1 is 1.25 bits per heavy atom. The van der Waals surface area contributed by atoms with Gasteiger partial charge in [-0.1, -0.05) is 0 Å². The number of sulfonamides is 1. The van der Waals surface area contributed by atoms with Crippen LogP contribution in [0.25, 0.3) is 0 Å². The van der Waals surface area contributed by atoms with Gasteiger partial charge in [-0.15, -0.1) is 0 Å². The molecule has 6 heteroatoms. The van der Waals surface area contributed by atoms with E-state index in [4.69, 9.17) is 10.5 Å². The van der Waals surface area contributed by atoms with E-state index in [1.54, 1.807) is 19.2 Å². The molecule has 1 aliphatic heterocycles. The lowest BCUT2D eigenvalue weighted by Gasteiger charge is -2.30. The quantitative estimate of drug-likeness (QED) is 0.862. The molecular formula is C14H22N2O3S. The van der Waals surface area contributed by atoms with Gasteiger partial charge in [0.25, 0.3) is 0 Å². The first kappa shape index (κ1) is 15.3. The normalized spacial score (nSPS) is 17.6. The maximum absolute atomic E-state index is 12.7. The van der Waals surface area contributed by atoms with Crippen molar-refractivity contribution < 1.29 is 13.2 Å². The maximum Gasteiger partial charge on any atom is 0.243 e. The van der Waals surface area contributed by atoms with E-state index in [0.717, 1.165) is 24.0 Å². The molecule has 1 aromatic rings. The number of hydrogen-bond acceptors (Lipinski definition) is 4. The average molecular weight is 298 g/mol. The van der Waals surface area contributed by atoms with Gasteiger partial charge in [-0.05, 0) is 49.9 Å². The van der Waals surface area contributed by atoms with Gasteiger partial charge in [0.2, 0.25) is 10.0 Å². The largest absolute Gasteiger partial charge is 0.398 e. The van der Waals surface area contributed by atoms with Crippen LogP contribution in [-0.4, -0.2) is 39.0 Å². The second kappa shape index (κ2) is 5.71. The summed E-state index contributed by atoms with van der Waals surface area (Å²) >= 11 is 0. The number of aryl methyl sites for hydroxylation is 1. The smallest absolute Gasteiger partial charge is 0.243 e. The van der Waals surface area contributed by atoms with Crippen LogP contribution in [0.5, 0.6) is 0 Å². The molecule has 0 aromatic heterocycles. The molecule has 0 radical (unpaired) electrons. The van der Waals surface area contributed by atoms with Crippen LogP contribution in [0.15, 0.2) is 17.0 Å². The molecule has 20 heavy (non-hydrogen) atoms. The summed E-state index contributed by atoms with van der Waals surface area (Å²) in [5.74, 6) is 0. The second-order valence-corrected chi connectivity index (χ2v) is 7.32. The lowest BCUT2D eigenvalue weighted by Crippen LogP contribution is -2.40. The van der Waals surface area contributed by atoms with Crippen LogP contribution in [0.3, 0.4) is 0 Å². The highest BCUT2D eigenvalue weighted by atomic mass is 32.2. The lowest BCUT2D eigenvalue weighted by atomic mass is 10.1. The van der Waals surface area contributed by atoms with Crippen molar-refractivity contribution in [1.82, 2.24) is 4.31 Å². The first-order chi connectivity index (χ1) is 9.34. The third-order valence-electron chi connectivity index (χ3n) is 4.06. The van der Waals surface area contributed by atoms with Crippen LogP contribution in [0, 0.1) is 13.8 Å². The third kappa shape index (κ3) is 2.82. The molecule has 0 unspecified atom stereocenters. The number of hydrogen-bond donors (Lipinski definition) is 1. The predicted octanol–water partition coefficient (Wildman–Crippen LogP) is 1.69. The van der Waals surface area contributed by atoms with Crippen molar-refractivity contribution in [2.75, 3.05) is 26.0 Å². The van der Waals surface area contributed by atoms with Gasteiger partial charge in [0, 0.05) is 32.0 Å². The third-order valence-corrected chi connectivity index (χ3v) is 5.95. The molecule has 1 aliphatic rings. The molecular weight excluding hydrogens is 276 g/mol. The van der Waals surface area contributed by atoms with Gasteiger partial charge in [0.15, 0.2) is 0 Å². The number of benzene rings is 1. The van der Waals surface area contributed by atoms with Crippen molar-refractivity contribution >= 4 is 15.7 Å². The summed E-state index contributed by atoms with van der Waals surface area (Å²) in [5, 5.41) is 0. The number of rotatable bonds is 3. The highest BCUT2D eigenvalue weighted by Crippen LogP contribution is 2.26. The number of nitrogens with two attached hydrogens (primary N) is 1. The molecule has 2 rings (SSSR count). The van der Waals surface area contributed by atoms with Crippen molar-refractivity contribution in [3.05, 3.63) is 23.3 Å². The van der Waals surface area contributed by atoms with E-state index in [1.807, 2.05) is 13.8 Å². The Hall–Kier alpha value is -1.11. The summed E-state index contributed by atoms with van der Waals surface area (Å²) in [5.41, 5.74) is 8.23. The molecule has 0 spiro atoms. The molecule has 0 amide bonds. The SMILES string of the molecule is Cc1cc(S(=O)(=O)N(C)C2CCOCC2)cc(N)c1C. The predicted molar refractivity (Wildman–Crippen MR) is 79.1 cm³/mol. The minimum absolute atomic E-state index is 0.00316. The van der Waals surface area contributed by atoms with E-state index in [0.29, 0.717) is 18.9 Å². The molecule has 0 bridgehead atoms. The molecule has 1 aromatic carbocycles. The zero-order chi connectivity index (χ0) is 14.9.